The highest BCUT2D eigenvalue weighted by Crippen LogP contribution is 2.52. The summed E-state index contributed by atoms with van der Waals surface area (Å²) in [5.41, 5.74) is 0.198. The second kappa shape index (κ2) is 4.99. The minimum absolute atomic E-state index is 0.0963. The maximum atomic E-state index is 12.9. The molecular weight excluding hydrogens is 267 g/mol. The van der Waals surface area contributed by atoms with Gasteiger partial charge in [-0.25, -0.2) is 0 Å². The summed E-state index contributed by atoms with van der Waals surface area (Å²) in [6.07, 6.45) is 4.56. The van der Waals surface area contributed by atoms with Crippen LogP contribution >= 0.6 is 0 Å². The second-order valence-corrected chi connectivity index (χ2v) is 8.73. The Labute approximate surface area is 116 Å². The van der Waals surface area contributed by atoms with Crippen molar-refractivity contribution >= 4 is 10.2 Å². The summed E-state index contributed by atoms with van der Waals surface area (Å²) in [6, 6.07) is 0. The maximum absolute atomic E-state index is 12.9. The van der Waals surface area contributed by atoms with E-state index in [0.717, 1.165) is 32.1 Å². The van der Waals surface area contributed by atoms with E-state index in [-0.39, 0.29) is 5.41 Å². The van der Waals surface area contributed by atoms with E-state index in [0.29, 0.717) is 17.9 Å². The Morgan fingerprint density at radius 2 is 1.79 bits per heavy atom. The molecule has 1 unspecified atom stereocenters. The third-order valence-electron chi connectivity index (χ3n) is 5.16. The molecule has 3 nitrogen and oxygen atoms in total. The maximum Gasteiger partial charge on any atom is 0.304 e. The first-order chi connectivity index (χ1) is 8.62. The van der Waals surface area contributed by atoms with Gasteiger partial charge in [-0.1, -0.05) is 20.8 Å². The highest BCUT2D eigenvalue weighted by molar-refractivity contribution is 7.86. The van der Waals surface area contributed by atoms with E-state index in [4.69, 9.17) is 4.74 Å². The standard InChI is InChI=1S/C14H25FO3S/c1-13(2,3)11-4-6-14(7-5-11)8-9-18-12(14)10-19(15,16)17/h11-12H,4-10H2,1-3H3. The molecule has 0 aromatic carbocycles. The Hall–Kier alpha value is -0.160. The van der Waals surface area contributed by atoms with Crippen LogP contribution in [0.3, 0.4) is 0 Å². The van der Waals surface area contributed by atoms with E-state index in [1.54, 1.807) is 0 Å². The summed E-state index contributed by atoms with van der Waals surface area (Å²) >= 11 is 0. The van der Waals surface area contributed by atoms with Crippen molar-refractivity contribution in [2.75, 3.05) is 12.4 Å². The van der Waals surface area contributed by atoms with Crippen LogP contribution in [0.5, 0.6) is 0 Å². The van der Waals surface area contributed by atoms with Gasteiger partial charge in [0.1, 0.15) is 5.75 Å². The lowest BCUT2D eigenvalue weighted by Crippen LogP contribution is -2.40. The largest absolute Gasteiger partial charge is 0.376 e. The molecule has 0 radical (unpaired) electrons. The van der Waals surface area contributed by atoms with Crippen molar-refractivity contribution in [3.8, 4) is 0 Å². The van der Waals surface area contributed by atoms with Crippen molar-refractivity contribution in [3.05, 3.63) is 0 Å². The number of hydrogen-bond donors (Lipinski definition) is 0. The van der Waals surface area contributed by atoms with Crippen LogP contribution in [0.4, 0.5) is 3.89 Å². The van der Waals surface area contributed by atoms with Crippen LogP contribution in [-0.4, -0.2) is 26.9 Å². The SMILES string of the molecule is CC(C)(C)C1CCC2(CCOC2CS(=O)(=O)F)CC1. The van der Waals surface area contributed by atoms with Gasteiger partial charge in [-0.3, -0.25) is 0 Å². The third kappa shape index (κ3) is 3.48. The van der Waals surface area contributed by atoms with Crippen LogP contribution < -0.4 is 0 Å². The summed E-state index contributed by atoms with van der Waals surface area (Å²) in [4.78, 5) is 0. The molecular formula is C14H25FO3S. The Kier molecular flexibility index (Phi) is 4.00. The van der Waals surface area contributed by atoms with Gasteiger partial charge in [-0.2, -0.15) is 8.42 Å². The van der Waals surface area contributed by atoms with E-state index in [9.17, 15) is 12.3 Å². The number of ether oxygens (including phenoxy) is 1. The molecule has 19 heavy (non-hydrogen) atoms. The molecule has 2 rings (SSSR count). The molecule has 0 amide bonds. The topological polar surface area (TPSA) is 43.4 Å². The van der Waals surface area contributed by atoms with E-state index in [2.05, 4.69) is 20.8 Å². The normalized spacial score (nSPS) is 36.8. The Bertz CT molecular complexity index is 416. The van der Waals surface area contributed by atoms with Crippen LogP contribution in [0.15, 0.2) is 0 Å². The van der Waals surface area contributed by atoms with Crippen LogP contribution in [0.2, 0.25) is 0 Å². The smallest absolute Gasteiger partial charge is 0.304 e. The highest BCUT2D eigenvalue weighted by Gasteiger charge is 2.48. The molecule has 5 heteroatoms. The van der Waals surface area contributed by atoms with E-state index in [1.807, 2.05) is 0 Å². The molecule has 0 aromatic rings. The quantitative estimate of drug-likeness (QED) is 0.733. The Morgan fingerprint density at radius 3 is 2.26 bits per heavy atom. The molecule has 1 aliphatic heterocycles. The van der Waals surface area contributed by atoms with Gasteiger partial charge in [0.15, 0.2) is 0 Å². The molecule has 1 saturated heterocycles. The van der Waals surface area contributed by atoms with Crippen molar-refractivity contribution in [2.45, 2.75) is 59.0 Å². The summed E-state index contributed by atoms with van der Waals surface area (Å²) in [5.74, 6) is 0.203. The van der Waals surface area contributed by atoms with Crippen LogP contribution in [0.1, 0.15) is 52.9 Å². The molecule has 112 valence electrons. The molecule has 1 heterocycles. The fourth-order valence-corrected chi connectivity index (χ4v) is 4.59. The molecule has 2 aliphatic rings. The fourth-order valence-electron chi connectivity index (χ4n) is 3.78. The Morgan fingerprint density at radius 1 is 1.21 bits per heavy atom. The third-order valence-corrected chi connectivity index (χ3v) is 5.86. The lowest BCUT2D eigenvalue weighted by molar-refractivity contribution is 0.0175. The van der Waals surface area contributed by atoms with Crippen molar-refractivity contribution in [1.82, 2.24) is 0 Å². The first-order valence-electron chi connectivity index (χ1n) is 7.16. The van der Waals surface area contributed by atoms with Crippen LogP contribution in [0, 0.1) is 16.7 Å². The fraction of sp³-hybridized carbons (Fsp3) is 1.00. The summed E-state index contributed by atoms with van der Waals surface area (Å²) in [7, 11) is -4.45. The second-order valence-electron chi connectivity index (χ2n) is 7.32. The molecule has 1 saturated carbocycles. The molecule has 0 bridgehead atoms. The average Bonchev–Trinajstić information content (AvgIpc) is 2.58. The average molecular weight is 292 g/mol. The van der Waals surface area contributed by atoms with Crippen molar-refractivity contribution in [3.63, 3.8) is 0 Å². The molecule has 2 fully saturated rings. The van der Waals surface area contributed by atoms with Crippen molar-refractivity contribution in [1.29, 1.82) is 0 Å². The zero-order chi connectivity index (χ0) is 14.3. The number of halogens is 1. The predicted octanol–water partition coefficient (Wildman–Crippen LogP) is 3.30. The first-order valence-corrected chi connectivity index (χ1v) is 8.72. The van der Waals surface area contributed by atoms with Gasteiger partial charge in [0.25, 0.3) is 0 Å². The van der Waals surface area contributed by atoms with E-state index < -0.39 is 22.1 Å². The van der Waals surface area contributed by atoms with Gasteiger partial charge in [-0.05, 0) is 48.9 Å². The summed E-state index contributed by atoms with van der Waals surface area (Å²) in [6.45, 7) is 7.33. The predicted molar refractivity (Wildman–Crippen MR) is 73.1 cm³/mol. The van der Waals surface area contributed by atoms with Crippen molar-refractivity contribution < 1.29 is 17.0 Å². The Balaban J connectivity index is 2.04. The lowest BCUT2D eigenvalue weighted by atomic mass is 9.62. The molecule has 1 atom stereocenters. The van der Waals surface area contributed by atoms with Crippen LogP contribution in [-0.2, 0) is 15.0 Å². The number of hydrogen-bond acceptors (Lipinski definition) is 3. The summed E-state index contributed by atoms with van der Waals surface area (Å²) in [5, 5.41) is 0. The van der Waals surface area contributed by atoms with Crippen molar-refractivity contribution in [2.24, 2.45) is 16.7 Å². The minimum atomic E-state index is -4.45. The number of rotatable bonds is 2. The first kappa shape index (κ1) is 15.2. The van der Waals surface area contributed by atoms with Gasteiger partial charge in [0, 0.05) is 6.61 Å². The molecule has 1 spiro atoms. The van der Waals surface area contributed by atoms with Crippen LogP contribution in [0.25, 0.3) is 0 Å². The molecule has 0 aromatic heterocycles. The van der Waals surface area contributed by atoms with E-state index >= 15 is 0 Å². The van der Waals surface area contributed by atoms with Gasteiger partial charge in [0.2, 0.25) is 0 Å². The van der Waals surface area contributed by atoms with Gasteiger partial charge < -0.3 is 4.74 Å². The summed E-state index contributed by atoms with van der Waals surface area (Å²) < 4.78 is 40.2. The minimum Gasteiger partial charge on any atom is -0.376 e. The van der Waals surface area contributed by atoms with Gasteiger partial charge in [0.05, 0.1) is 6.10 Å². The lowest BCUT2D eigenvalue weighted by Gasteiger charge is -2.44. The molecule has 0 N–H and O–H groups in total. The highest BCUT2D eigenvalue weighted by atomic mass is 32.3. The zero-order valence-electron chi connectivity index (χ0n) is 12.1. The van der Waals surface area contributed by atoms with E-state index in [1.165, 1.54) is 0 Å². The monoisotopic (exact) mass is 292 g/mol. The van der Waals surface area contributed by atoms with Gasteiger partial charge >= 0.3 is 10.2 Å². The van der Waals surface area contributed by atoms with Gasteiger partial charge in [-0.15, -0.1) is 3.89 Å². The molecule has 1 aliphatic carbocycles. The zero-order valence-corrected chi connectivity index (χ0v) is 12.9.